The molecule has 1 N–H and O–H groups in total. The average Bonchev–Trinajstić information content (AvgIpc) is 3.01. The molecule has 3 nitrogen and oxygen atoms in total. The fraction of sp³-hybridized carbons (Fsp3) is 0.133. The van der Waals surface area contributed by atoms with Crippen molar-refractivity contribution in [1.29, 1.82) is 0 Å². The van der Waals surface area contributed by atoms with E-state index in [-0.39, 0.29) is 0 Å². The molecule has 0 saturated carbocycles. The van der Waals surface area contributed by atoms with E-state index in [1.165, 1.54) is 0 Å². The zero-order valence-electron chi connectivity index (χ0n) is 10.4. The second-order valence-corrected chi connectivity index (χ2v) is 4.27. The van der Waals surface area contributed by atoms with E-state index >= 15 is 0 Å². The van der Waals surface area contributed by atoms with E-state index in [1.807, 2.05) is 36.7 Å². The Morgan fingerprint density at radius 1 is 1.28 bits per heavy atom. The van der Waals surface area contributed by atoms with Crippen LogP contribution in [0.2, 0.25) is 0 Å². The van der Waals surface area contributed by atoms with Gasteiger partial charge in [-0.25, -0.2) is 0 Å². The summed E-state index contributed by atoms with van der Waals surface area (Å²) in [5, 5.41) is 0. The second kappa shape index (κ2) is 4.18. The van der Waals surface area contributed by atoms with Crippen molar-refractivity contribution in [1.82, 2.24) is 4.98 Å². The van der Waals surface area contributed by atoms with E-state index in [9.17, 15) is 0 Å². The lowest BCUT2D eigenvalue weighted by Gasteiger charge is -2.09. The maximum absolute atomic E-state index is 5.36. The number of benzene rings is 1. The molecule has 0 amide bonds. The van der Waals surface area contributed by atoms with Crippen molar-refractivity contribution in [3.63, 3.8) is 0 Å². The van der Waals surface area contributed by atoms with Crippen LogP contribution in [-0.4, -0.2) is 18.3 Å². The fourth-order valence-corrected chi connectivity index (χ4v) is 2.29. The highest BCUT2D eigenvalue weighted by molar-refractivity contribution is 6.21. The fourth-order valence-electron chi connectivity index (χ4n) is 2.29. The highest BCUT2D eigenvalue weighted by atomic mass is 16.5. The van der Waals surface area contributed by atoms with Crippen LogP contribution in [0.5, 0.6) is 5.75 Å². The zero-order chi connectivity index (χ0) is 12.5. The Morgan fingerprint density at radius 3 is 2.89 bits per heavy atom. The summed E-state index contributed by atoms with van der Waals surface area (Å²) in [7, 11) is 1.69. The first-order valence-electron chi connectivity index (χ1n) is 5.86. The summed E-state index contributed by atoms with van der Waals surface area (Å²) < 4.78 is 5.36. The molecule has 0 spiro atoms. The van der Waals surface area contributed by atoms with Gasteiger partial charge in [-0.1, -0.05) is 0 Å². The van der Waals surface area contributed by atoms with E-state index in [0.717, 1.165) is 33.8 Å². The van der Waals surface area contributed by atoms with Crippen molar-refractivity contribution in [3.05, 3.63) is 47.3 Å². The Labute approximate surface area is 106 Å². The van der Waals surface area contributed by atoms with Gasteiger partial charge in [0.15, 0.2) is 0 Å². The molecule has 2 heterocycles. The Bertz CT molecular complexity index is 637. The van der Waals surface area contributed by atoms with E-state index in [0.29, 0.717) is 0 Å². The Hall–Kier alpha value is -2.29. The molecule has 0 fully saturated rings. The van der Waals surface area contributed by atoms with E-state index in [4.69, 9.17) is 4.74 Å². The molecule has 0 radical (unpaired) electrons. The summed E-state index contributed by atoms with van der Waals surface area (Å²) in [6, 6.07) is 7.97. The molecule has 2 aromatic rings. The molecule has 0 aliphatic carbocycles. The van der Waals surface area contributed by atoms with Crippen LogP contribution >= 0.6 is 0 Å². The van der Waals surface area contributed by atoms with Crippen LogP contribution in [0, 0.1) is 6.92 Å². The maximum atomic E-state index is 5.36. The molecule has 1 aromatic carbocycles. The number of nitrogens with one attached hydrogen (secondary N) is 1. The topological polar surface area (TPSA) is 37.4 Å². The predicted octanol–water partition coefficient (Wildman–Crippen LogP) is 3.59. The van der Waals surface area contributed by atoms with Crippen molar-refractivity contribution in [3.8, 4) is 5.75 Å². The number of allylic oxidation sites excluding steroid dienone is 1. The van der Waals surface area contributed by atoms with Crippen molar-refractivity contribution in [2.45, 2.75) is 6.92 Å². The summed E-state index contributed by atoms with van der Waals surface area (Å²) in [4.78, 5) is 7.61. The third-order valence-electron chi connectivity index (χ3n) is 3.18. The molecule has 1 aliphatic heterocycles. The molecule has 90 valence electrons. The minimum Gasteiger partial charge on any atom is -0.496 e. The number of H-pyrrole nitrogens is 1. The number of hydrogen-bond donors (Lipinski definition) is 1. The SMILES string of the molecule is COc1ccc2c(c1C)C(=Cc1ccc[nH]1)C=N2. The summed E-state index contributed by atoms with van der Waals surface area (Å²) in [5.41, 5.74) is 5.48. The van der Waals surface area contributed by atoms with Gasteiger partial charge >= 0.3 is 0 Å². The van der Waals surface area contributed by atoms with Gasteiger partial charge < -0.3 is 9.72 Å². The van der Waals surface area contributed by atoms with Gasteiger partial charge in [-0.05, 0) is 37.3 Å². The number of ether oxygens (including phenoxy) is 1. The smallest absolute Gasteiger partial charge is 0.122 e. The monoisotopic (exact) mass is 238 g/mol. The first kappa shape index (κ1) is 10.8. The van der Waals surface area contributed by atoms with Crippen molar-refractivity contribution < 1.29 is 4.74 Å². The zero-order valence-corrected chi connectivity index (χ0v) is 10.4. The molecule has 1 aromatic heterocycles. The van der Waals surface area contributed by atoms with Gasteiger partial charge in [0.2, 0.25) is 0 Å². The average molecular weight is 238 g/mol. The molecule has 1 aliphatic rings. The number of fused-ring (bicyclic) bond motifs is 1. The van der Waals surface area contributed by atoms with E-state index in [1.54, 1.807) is 7.11 Å². The van der Waals surface area contributed by atoms with Crippen LogP contribution in [0.15, 0.2) is 35.5 Å². The summed E-state index contributed by atoms with van der Waals surface area (Å²) in [6.45, 7) is 2.06. The van der Waals surface area contributed by atoms with Gasteiger partial charge in [-0.3, -0.25) is 4.99 Å². The van der Waals surface area contributed by atoms with Gasteiger partial charge in [0, 0.05) is 34.8 Å². The third kappa shape index (κ3) is 1.64. The summed E-state index contributed by atoms with van der Waals surface area (Å²) >= 11 is 0. The Balaban J connectivity index is 2.13. The Kier molecular flexibility index (Phi) is 2.52. The number of hydrogen-bond acceptors (Lipinski definition) is 2. The number of rotatable bonds is 2. The van der Waals surface area contributed by atoms with Crippen molar-refractivity contribution in [2.24, 2.45) is 4.99 Å². The molecule has 0 bridgehead atoms. The number of aromatic amines is 1. The first-order valence-corrected chi connectivity index (χ1v) is 5.86. The lowest BCUT2D eigenvalue weighted by Crippen LogP contribution is -1.92. The Morgan fingerprint density at radius 2 is 2.17 bits per heavy atom. The third-order valence-corrected chi connectivity index (χ3v) is 3.18. The summed E-state index contributed by atoms with van der Waals surface area (Å²) in [6.07, 6.45) is 5.91. The quantitative estimate of drug-likeness (QED) is 0.853. The lowest BCUT2D eigenvalue weighted by molar-refractivity contribution is 0.411. The largest absolute Gasteiger partial charge is 0.496 e. The lowest BCUT2D eigenvalue weighted by atomic mass is 10.00. The number of nitrogens with zero attached hydrogens (tertiary/aromatic N) is 1. The van der Waals surface area contributed by atoms with Gasteiger partial charge in [-0.2, -0.15) is 0 Å². The standard InChI is InChI=1S/C15H14N2O/c1-10-14(18-2)6-5-13-15(10)11(9-17-13)8-12-4-3-7-16-12/h3-9,16H,1-2H3. The molecule has 3 heteroatoms. The van der Waals surface area contributed by atoms with Crippen molar-refractivity contribution in [2.75, 3.05) is 7.11 Å². The molecular formula is C15H14N2O. The minimum atomic E-state index is 0.900. The number of methoxy groups -OCH3 is 1. The highest BCUT2D eigenvalue weighted by Crippen LogP contribution is 2.38. The predicted molar refractivity (Wildman–Crippen MR) is 74.5 cm³/mol. The van der Waals surface area contributed by atoms with Gasteiger partial charge in [0.25, 0.3) is 0 Å². The van der Waals surface area contributed by atoms with Crippen LogP contribution < -0.4 is 4.74 Å². The van der Waals surface area contributed by atoms with Gasteiger partial charge in [-0.15, -0.1) is 0 Å². The van der Waals surface area contributed by atoms with Crippen molar-refractivity contribution >= 4 is 23.6 Å². The van der Waals surface area contributed by atoms with Crippen LogP contribution in [0.1, 0.15) is 16.8 Å². The molecule has 0 atom stereocenters. The van der Waals surface area contributed by atoms with Gasteiger partial charge in [0.05, 0.1) is 12.8 Å². The molecule has 3 rings (SSSR count). The molecule has 0 unspecified atom stereocenters. The first-order chi connectivity index (χ1) is 8.79. The second-order valence-electron chi connectivity index (χ2n) is 4.27. The van der Waals surface area contributed by atoms with Crippen LogP contribution in [0.25, 0.3) is 11.6 Å². The van der Waals surface area contributed by atoms with Crippen LogP contribution in [0.3, 0.4) is 0 Å². The molecule has 0 saturated heterocycles. The van der Waals surface area contributed by atoms with E-state index in [2.05, 4.69) is 23.0 Å². The van der Waals surface area contributed by atoms with Crippen LogP contribution in [0.4, 0.5) is 5.69 Å². The van der Waals surface area contributed by atoms with Gasteiger partial charge in [0.1, 0.15) is 5.75 Å². The maximum Gasteiger partial charge on any atom is 0.122 e. The van der Waals surface area contributed by atoms with Crippen LogP contribution in [-0.2, 0) is 0 Å². The highest BCUT2D eigenvalue weighted by Gasteiger charge is 2.17. The minimum absolute atomic E-state index is 0.900. The number of aromatic nitrogens is 1. The van der Waals surface area contributed by atoms with E-state index < -0.39 is 0 Å². The number of aliphatic imine (C=N–C) groups is 1. The molecular weight excluding hydrogens is 224 g/mol. The summed E-state index contributed by atoms with van der Waals surface area (Å²) in [5.74, 6) is 0.900. The normalized spacial score (nSPS) is 15.1. The molecule has 18 heavy (non-hydrogen) atoms.